The molecule has 0 bridgehead atoms. The first-order chi connectivity index (χ1) is 20.9. The Morgan fingerprint density at radius 2 is 1.88 bits per heavy atom. The molecule has 1 aliphatic rings. The first kappa shape index (κ1) is 27.2. The average Bonchev–Trinajstić information content (AvgIpc) is 3.70. The van der Waals surface area contributed by atoms with Gasteiger partial charge in [-0.2, -0.15) is 5.26 Å². The second kappa shape index (κ2) is 11.2. The van der Waals surface area contributed by atoms with Crippen molar-refractivity contribution >= 4 is 51.2 Å². The lowest BCUT2D eigenvalue weighted by Gasteiger charge is -2.20. The predicted octanol–water partition coefficient (Wildman–Crippen LogP) is 8.32. The van der Waals surface area contributed by atoms with Gasteiger partial charge in [-0.05, 0) is 54.8 Å². The zero-order valence-corrected chi connectivity index (χ0v) is 23.3. The van der Waals surface area contributed by atoms with E-state index in [1.54, 1.807) is 10.9 Å². The third kappa shape index (κ3) is 6.14. The van der Waals surface area contributed by atoms with Gasteiger partial charge in [0.1, 0.15) is 17.6 Å². The molecular formula is C29H19Cl2F4N7O. The number of fused-ring (bicyclic) bond motifs is 1. The van der Waals surface area contributed by atoms with Gasteiger partial charge < -0.3 is 15.4 Å². The molecule has 1 fully saturated rings. The van der Waals surface area contributed by atoms with Crippen LogP contribution in [-0.2, 0) is 0 Å². The fourth-order valence-corrected chi connectivity index (χ4v) is 4.95. The number of alkyl halides is 3. The summed E-state index contributed by atoms with van der Waals surface area (Å²) in [4.78, 5) is 4.27. The Kier molecular flexibility index (Phi) is 7.12. The molecule has 0 aliphatic heterocycles. The highest BCUT2D eigenvalue weighted by Crippen LogP contribution is 2.42. The summed E-state index contributed by atoms with van der Waals surface area (Å²) < 4.78 is 68.8. The van der Waals surface area contributed by atoms with Crippen molar-refractivity contribution in [3.05, 3.63) is 99.7 Å². The summed E-state index contributed by atoms with van der Waals surface area (Å²) in [6.07, 6.45) is -0.302. The smallest absolute Gasteiger partial charge is 0.402 e. The normalized spacial score (nSPS) is 15.0. The maximum atomic E-state index is 13.8. The van der Waals surface area contributed by atoms with Crippen molar-refractivity contribution in [2.45, 2.75) is 31.3 Å². The zero-order valence-electron chi connectivity index (χ0n) is 22.8. The van der Waals surface area contributed by atoms with Crippen LogP contribution >= 0.6 is 23.2 Å². The lowest BCUT2D eigenvalue weighted by Crippen LogP contribution is -2.18. The van der Waals surface area contributed by atoms with Gasteiger partial charge in [-0.25, -0.2) is 9.07 Å². The van der Waals surface area contributed by atoms with Gasteiger partial charge in [-0.1, -0.05) is 46.6 Å². The van der Waals surface area contributed by atoms with E-state index in [1.807, 2.05) is 6.07 Å². The lowest BCUT2D eigenvalue weighted by molar-refractivity contribution is -0.274. The summed E-state index contributed by atoms with van der Waals surface area (Å²) in [6.45, 7) is 0. The fraction of sp³-hybridized carbons (Fsp3) is 0.172. The summed E-state index contributed by atoms with van der Waals surface area (Å²) in [7, 11) is 0. The summed E-state index contributed by atoms with van der Waals surface area (Å²) in [5, 5.41) is 24.2. The Labute approximate surface area is 253 Å². The van der Waals surface area contributed by atoms with E-state index >= 15 is 0 Å². The molecule has 1 atom stereocenters. The fourth-order valence-electron chi connectivity index (χ4n) is 4.47. The van der Waals surface area contributed by atoms with Crippen LogP contribution in [0.5, 0.6) is 5.75 Å². The summed E-state index contributed by atoms with van der Waals surface area (Å²) >= 11 is 12.7. The van der Waals surface area contributed by atoms with Crippen molar-refractivity contribution in [1.82, 2.24) is 20.0 Å². The number of aromatic nitrogens is 4. The van der Waals surface area contributed by atoms with Crippen LogP contribution in [0.3, 0.4) is 0 Å². The third-order valence-corrected chi connectivity index (χ3v) is 7.17. The van der Waals surface area contributed by atoms with Gasteiger partial charge in [0.05, 0.1) is 52.1 Å². The van der Waals surface area contributed by atoms with Crippen LogP contribution < -0.4 is 15.4 Å². The first-order valence-corrected chi connectivity index (χ1v) is 13.5. The van der Waals surface area contributed by atoms with Crippen LogP contribution in [0.2, 0.25) is 10.0 Å². The number of benzene rings is 3. The van der Waals surface area contributed by atoms with Gasteiger partial charge >= 0.3 is 6.36 Å². The van der Waals surface area contributed by atoms with E-state index in [4.69, 9.17) is 23.2 Å². The van der Waals surface area contributed by atoms with Crippen molar-refractivity contribution in [3.63, 3.8) is 0 Å². The van der Waals surface area contributed by atoms with E-state index in [2.05, 4.69) is 30.7 Å². The predicted molar refractivity (Wildman–Crippen MR) is 153 cm³/mol. The summed E-state index contributed by atoms with van der Waals surface area (Å²) in [6, 6.07) is 12.7. The number of anilines is 3. The van der Waals surface area contributed by atoms with Gasteiger partial charge in [0.25, 0.3) is 0 Å². The number of ether oxygens (including phenoxy) is 1. The minimum atomic E-state index is -5.04. The van der Waals surface area contributed by atoms with Gasteiger partial charge in [0, 0.05) is 17.3 Å². The molecule has 2 N–H and O–H groups in total. The van der Waals surface area contributed by atoms with Crippen LogP contribution in [-0.4, -0.2) is 26.3 Å². The molecule has 0 amide bonds. The number of hydrogen-bond donors (Lipinski definition) is 2. The second-order valence-electron chi connectivity index (χ2n) is 9.62. The number of nitrogens with zero attached hydrogens (tertiary/aromatic N) is 5. The highest BCUT2D eigenvalue weighted by Gasteiger charge is 2.33. The minimum absolute atomic E-state index is 0.0216. The maximum absolute atomic E-state index is 13.8. The van der Waals surface area contributed by atoms with Crippen molar-refractivity contribution in [2.75, 3.05) is 10.6 Å². The van der Waals surface area contributed by atoms with Crippen molar-refractivity contribution in [1.29, 1.82) is 5.26 Å². The highest BCUT2D eigenvalue weighted by atomic mass is 35.5. The molecule has 43 heavy (non-hydrogen) atoms. The van der Waals surface area contributed by atoms with Crippen LogP contribution in [0.4, 0.5) is 34.6 Å². The molecular weight excluding hydrogens is 609 g/mol. The number of nitrogens with one attached hydrogen (secondary N) is 2. The number of halogens is 6. The number of rotatable bonds is 8. The highest BCUT2D eigenvalue weighted by molar-refractivity contribution is 6.36. The molecule has 218 valence electrons. The van der Waals surface area contributed by atoms with Gasteiger partial charge in [0.2, 0.25) is 0 Å². The number of hydrogen-bond acceptors (Lipinski definition) is 7. The van der Waals surface area contributed by atoms with Gasteiger partial charge in [-0.15, -0.1) is 18.3 Å². The molecule has 6 rings (SSSR count). The van der Waals surface area contributed by atoms with Crippen molar-refractivity contribution in [2.24, 2.45) is 0 Å². The van der Waals surface area contributed by atoms with Crippen LogP contribution in [0.15, 0.2) is 67.0 Å². The Bertz CT molecular complexity index is 1930. The molecule has 1 saturated carbocycles. The Morgan fingerprint density at radius 1 is 1.12 bits per heavy atom. The molecule has 14 heteroatoms. The average molecular weight is 629 g/mol. The van der Waals surface area contributed by atoms with Crippen LogP contribution in [0.1, 0.15) is 43.1 Å². The molecule has 5 aromatic rings. The maximum Gasteiger partial charge on any atom is 0.573 e. The molecule has 0 spiro atoms. The number of nitriles is 1. The molecule has 3 aromatic carbocycles. The lowest BCUT2D eigenvalue weighted by atomic mass is 10.0. The molecule has 2 aromatic heterocycles. The zero-order chi connectivity index (χ0) is 31.2. The second-order valence-corrected chi connectivity index (χ2v) is 10.4. The van der Waals surface area contributed by atoms with Crippen LogP contribution in [0, 0.1) is 17.1 Å². The Morgan fingerprint density at radius 3 is 2.58 bits per heavy atom. The minimum Gasteiger partial charge on any atom is -0.402 e. The molecule has 0 unspecified atom stereocenters. The quantitative estimate of drug-likeness (QED) is 0.167. The van der Waals surface area contributed by atoms with Crippen molar-refractivity contribution < 1.29 is 23.7 Å². The van der Waals surface area contributed by atoms with Gasteiger partial charge in [-0.3, -0.25) is 4.98 Å². The van der Waals surface area contributed by atoms with Crippen LogP contribution in [0.25, 0.3) is 10.9 Å². The molecule has 2 heterocycles. The summed E-state index contributed by atoms with van der Waals surface area (Å²) in [5.41, 5.74) is 0.916. The largest absolute Gasteiger partial charge is 0.573 e. The van der Waals surface area contributed by atoms with E-state index in [0.717, 1.165) is 12.8 Å². The Hall–Kier alpha value is -4.60. The molecule has 1 aliphatic carbocycles. The van der Waals surface area contributed by atoms with E-state index in [1.165, 1.54) is 60.8 Å². The van der Waals surface area contributed by atoms with E-state index in [0.29, 0.717) is 5.56 Å². The standard InChI is InChI=1S/C29H19Cl2F4N7O/c30-21-2-1-3-23(28(21)43-29(33,34)35)39-25-16(12-36)13-37-27-20(25)10-18(11-22(27)31)38-26(15-4-6-17(32)7-5-15)24-14-42(41-40-24)19-8-9-19/h1-7,10-11,13-14,19,26,38H,8-9H2,(H,37,39)/t26-/m0/s1/i26D. The number of para-hydroxylation sites is 1. The number of pyridine rings is 1. The van der Waals surface area contributed by atoms with E-state index in [9.17, 15) is 24.2 Å². The Balaban J connectivity index is 1.47. The van der Waals surface area contributed by atoms with E-state index < -0.39 is 23.9 Å². The molecule has 8 nitrogen and oxygen atoms in total. The SMILES string of the molecule is [2H][C@](Nc1cc(Cl)c2ncc(C#N)c(Nc3cccc(Cl)c3OC(F)(F)F)c2c1)(c1ccc(F)cc1)c1cn(C2CC2)nn1. The summed E-state index contributed by atoms with van der Waals surface area (Å²) in [5.74, 6) is -1.19. The topological polar surface area (TPSA) is 101 Å². The van der Waals surface area contributed by atoms with E-state index in [-0.39, 0.29) is 55.3 Å². The monoisotopic (exact) mass is 628 g/mol. The third-order valence-electron chi connectivity index (χ3n) is 6.58. The van der Waals surface area contributed by atoms with Gasteiger partial charge in [0.15, 0.2) is 5.75 Å². The van der Waals surface area contributed by atoms with Crippen molar-refractivity contribution in [3.8, 4) is 11.8 Å². The first-order valence-electron chi connectivity index (χ1n) is 13.3. The molecule has 0 saturated heterocycles. The molecule has 0 radical (unpaired) electrons.